The molecular formula is C23H17ClN4OS. The first-order chi connectivity index (χ1) is 14.4. The Morgan fingerprint density at radius 3 is 2.40 bits per heavy atom. The second-order valence-electron chi connectivity index (χ2n) is 6.77. The molecule has 0 aliphatic rings. The number of thiophene rings is 1. The highest BCUT2D eigenvalue weighted by Crippen LogP contribution is 2.43. The zero-order chi connectivity index (χ0) is 21.4. The van der Waals surface area contributed by atoms with E-state index in [0.717, 1.165) is 12.0 Å². The van der Waals surface area contributed by atoms with Crippen LogP contribution < -0.4 is 11.5 Å². The molecule has 0 saturated carbocycles. The minimum absolute atomic E-state index is 0.117. The second kappa shape index (κ2) is 7.79. The summed E-state index contributed by atoms with van der Waals surface area (Å²) < 4.78 is 0. The van der Waals surface area contributed by atoms with Crippen LogP contribution in [0.5, 0.6) is 0 Å². The SMILES string of the molecule is CCc1ccc(-c2c(C#N)c(N)nc3sc(C(=O)c4ccc(Cl)cc4)c(N)c23)cc1. The zero-order valence-electron chi connectivity index (χ0n) is 16.1. The van der Waals surface area contributed by atoms with Crippen molar-refractivity contribution in [2.24, 2.45) is 0 Å². The molecule has 2 aromatic carbocycles. The van der Waals surface area contributed by atoms with E-state index < -0.39 is 0 Å². The number of fused-ring (bicyclic) bond motifs is 1. The van der Waals surface area contributed by atoms with E-state index in [9.17, 15) is 10.1 Å². The van der Waals surface area contributed by atoms with E-state index >= 15 is 0 Å². The molecule has 2 heterocycles. The third-order valence-electron chi connectivity index (χ3n) is 4.98. The summed E-state index contributed by atoms with van der Waals surface area (Å²) in [6, 6.07) is 16.6. The van der Waals surface area contributed by atoms with E-state index in [0.29, 0.717) is 36.9 Å². The number of nitrogen functional groups attached to an aromatic ring is 2. The number of pyridine rings is 1. The average Bonchev–Trinajstić information content (AvgIpc) is 3.08. The third-order valence-corrected chi connectivity index (χ3v) is 6.33. The number of hydrogen-bond acceptors (Lipinski definition) is 6. The predicted octanol–water partition coefficient (Wildman–Crippen LogP) is 5.45. The number of aryl methyl sites for hydroxylation is 1. The van der Waals surface area contributed by atoms with Gasteiger partial charge in [-0.25, -0.2) is 4.98 Å². The third kappa shape index (κ3) is 3.28. The van der Waals surface area contributed by atoms with Gasteiger partial charge in [-0.05, 0) is 41.8 Å². The van der Waals surface area contributed by atoms with Crippen molar-refractivity contribution >= 4 is 50.4 Å². The Bertz CT molecular complexity index is 1320. The van der Waals surface area contributed by atoms with Crippen molar-refractivity contribution in [1.82, 2.24) is 4.98 Å². The summed E-state index contributed by atoms with van der Waals surface area (Å²) >= 11 is 7.10. The maximum Gasteiger partial charge on any atom is 0.205 e. The summed E-state index contributed by atoms with van der Waals surface area (Å²) in [6.45, 7) is 2.07. The quantitative estimate of drug-likeness (QED) is 0.417. The van der Waals surface area contributed by atoms with Gasteiger partial charge < -0.3 is 11.5 Å². The highest BCUT2D eigenvalue weighted by molar-refractivity contribution is 7.21. The van der Waals surface area contributed by atoms with Gasteiger partial charge in [-0.1, -0.05) is 42.8 Å². The highest BCUT2D eigenvalue weighted by atomic mass is 35.5. The van der Waals surface area contributed by atoms with Crippen LogP contribution in [0.15, 0.2) is 48.5 Å². The van der Waals surface area contributed by atoms with Gasteiger partial charge in [0.1, 0.15) is 27.2 Å². The molecule has 7 heteroatoms. The van der Waals surface area contributed by atoms with Crippen LogP contribution in [-0.4, -0.2) is 10.8 Å². The lowest BCUT2D eigenvalue weighted by Crippen LogP contribution is -2.02. The smallest absolute Gasteiger partial charge is 0.205 e. The molecule has 0 spiro atoms. The molecule has 0 saturated heterocycles. The van der Waals surface area contributed by atoms with Gasteiger partial charge >= 0.3 is 0 Å². The Morgan fingerprint density at radius 1 is 1.13 bits per heavy atom. The first-order valence-electron chi connectivity index (χ1n) is 9.25. The molecule has 30 heavy (non-hydrogen) atoms. The van der Waals surface area contributed by atoms with Crippen LogP contribution in [0.2, 0.25) is 5.02 Å². The van der Waals surface area contributed by atoms with Gasteiger partial charge in [-0.2, -0.15) is 5.26 Å². The normalized spacial score (nSPS) is 10.8. The molecule has 0 aliphatic carbocycles. The summed E-state index contributed by atoms with van der Waals surface area (Å²) in [4.78, 5) is 18.3. The molecular weight excluding hydrogens is 416 g/mol. The van der Waals surface area contributed by atoms with E-state index in [1.165, 1.54) is 16.9 Å². The molecule has 148 valence electrons. The largest absolute Gasteiger partial charge is 0.397 e. The van der Waals surface area contributed by atoms with Crippen LogP contribution in [-0.2, 0) is 6.42 Å². The Kier molecular flexibility index (Phi) is 5.17. The van der Waals surface area contributed by atoms with Crippen molar-refractivity contribution < 1.29 is 4.79 Å². The lowest BCUT2D eigenvalue weighted by Gasteiger charge is -2.10. The highest BCUT2D eigenvalue weighted by Gasteiger charge is 2.24. The number of rotatable bonds is 4. The Morgan fingerprint density at radius 2 is 1.80 bits per heavy atom. The van der Waals surface area contributed by atoms with E-state index in [1.807, 2.05) is 24.3 Å². The fourth-order valence-corrected chi connectivity index (χ4v) is 4.58. The number of halogens is 1. The molecule has 0 radical (unpaired) electrons. The van der Waals surface area contributed by atoms with E-state index in [-0.39, 0.29) is 17.2 Å². The molecule has 4 aromatic rings. The van der Waals surface area contributed by atoms with Crippen LogP contribution in [0, 0.1) is 11.3 Å². The molecule has 0 amide bonds. The number of ketones is 1. The maximum absolute atomic E-state index is 13.1. The van der Waals surface area contributed by atoms with E-state index in [4.69, 9.17) is 23.1 Å². The summed E-state index contributed by atoms with van der Waals surface area (Å²) in [5.41, 5.74) is 16.1. The molecule has 0 bridgehead atoms. The number of nitrogens with zero attached hydrogens (tertiary/aromatic N) is 2. The van der Waals surface area contributed by atoms with E-state index in [1.54, 1.807) is 24.3 Å². The number of carbonyl (C=O) groups excluding carboxylic acids is 1. The van der Waals surface area contributed by atoms with Crippen LogP contribution in [0.25, 0.3) is 21.3 Å². The van der Waals surface area contributed by atoms with Gasteiger partial charge in [0.25, 0.3) is 0 Å². The van der Waals surface area contributed by atoms with Crippen molar-refractivity contribution in [2.75, 3.05) is 11.5 Å². The van der Waals surface area contributed by atoms with Gasteiger partial charge in [0.2, 0.25) is 5.78 Å². The number of aromatic nitrogens is 1. The van der Waals surface area contributed by atoms with Gasteiger partial charge in [-0.15, -0.1) is 11.3 Å². The van der Waals surface area contributed by atoms with Crippen molar-refractivity contribution in [1.29, 1.82) is 5.26 Å². The van der Waals surface area contributed by atoms with Crippen molar-refractivity contribution in [3.05, 3.63) is 75.1 Å². The number of hydrogen-bond donors (Lipinski definition) is 2. The van der Waals surface area contributed by atoms with Crippen molar-refractivity contribution in [3.63, 3.8) is 0 Å². The average molecular weight is 433 g/mol. The van der Waals surface area contributed by atoms with Gasteiger partial charge in [-0.3, -0.25) is 4.79 Å². The topological polar surface area (TPSA) is 106 Å². The van der Waals surface area contributed by atoms with Gasteiger partial charge in [0, 0.05) is 21.5 Å². The Labute approximate surface area is 182 Å². The maximum atomic E-state index is 13.1. The minimum Gasteiger partial charge on any atom is -0.397 e. The first kappa shape index (κ1) is 19.9. The fraction of sp³-hybridized carbons (Fsp3) is 0.0870. The predicted molar refractivity (Wildman–Crippen MR) is 123 cm³/mol. The van der Waals surface area contributed by atoms with Crippen molar-refractivity contribution in [3.8, 4) is 17.2 Å². The first-order valence-corrected chi connectivity index (χ1v) is 10.4. The second-order valence-corrected chi connectivity index (χ2v) is 8.21. The lowest BCUT2D eigenvalue weighted by atomic mass is 9.95. The standard InChI is InChI=1S/C23H17ClN4OS/c1-2-12-3-5-13(6-4-12)17-16(11-25)22(27)28-23-18(17)19(26)21(30-23)20(29)14-7-9-15(24)10-8-14/h3-10H,2,26H2,1H3,(H2,27,28). The Balaban J connectivity index is 1.97. The molecule has 5 nitrogen and oxygen atoms in total. The van der Waals surface area contributed by atoms with Gasteiger partial charge in [0.05, 0.1) is 5.69 Å². The summed E-state index contributed by atoms with van der Waals surface area (Å²) in [5, 5.41) is 10.9. The molecule has 0 atom stereocenters. The fourth-order valence-electron chi connectivity index (χ4n) is 3.38. The number of anilines is 2. The number of nitriles is 1. The molecule has 0 aliphatic heterocycles. The van der Waals surface area contributed by atoms with Crippen LogP contribution >= 0.6 is 22.9 Å². The molecule has 0 unspecified atom stereocenters. The molecule has 4 N–H and O–H groups in total. The molecule has 4 rings (SSSR count). The summed E-state index contributed by atoms with van der Waals surface area (Å²) in [5.74, 6) is -0.108. The Hall–Kier alpha value is -3.40. The summed E-state index contributed by atoms with van der Waals surface area (Å²) in [7, 11) is 0. The van der Waals surface area contributed by atoms with Crippen LogP contribution in [0.4, 0.5) is 11.5 Å². The number of carbonyl (C=O) groups is 1. The summed E-state index contributed by atoms with van der Waals surface area (Å²) in [6.07, 6.45) is 0.902. The monoisotopic (exact) mass is 432 g/mol. The molecule has 2 aromatic heterocycles. The lowest BCUT2D eigenvalue weighted by molar-refractivity contribution is 0.104. The number of benzene rings is 2. The molecule has 0 fully saturated rings. The minimum atomic E-state index is -0.225. The van der Waals surface area contributed by atoms with Crippen LogP contribution in [0.3, 0.4) is 0 Å². The van der Waals surface area contributed by atoms with Gasteiger partial charge in [0.15, 0.2) is 0 Å². The van der Waals surface area contributed by atoms with E-state index in [2.05, 4.69) is 18.0 Å². The number of nitrogens with two attached hydrogens (primary N) is 2. The van der Waals surface area contributed by atoms with Crippen molar-refractivity contribution in [2.45, 2.75) is 13.3 Å². The zero-order valence-corrected chi connectivity index (χ0v) is 17.6. The van der Waals surface area contributed by atoms with Crippen LogP contribution in [0.1, 0.15) is 33.3 Å².